The minimum absolute atomic E-state index is 0.100. The zero-order chi connectivity index (χ0) is 13.7. The Kier molecular flexibility index (Phi) is 5.16. The highest BCUT2D eigenvalue weighted by Gasteiger charge is 2.18. The van der Waals surface area contributed by atoms with Gasteiger partial charge in [-0.3, -0.25) is 4.90 Å². The molecule has 1 heterocycles. The standard InChI is InChI=1S/C15H24FN3/c1-3-6-18-7-9-19(10-8-18)15-5-4-13(12-17-2)11-14(15)16/h4-5,11,17H,3,6-10,12H2,1-2H3. The molecule has 0 amide bonds. The van der Waals surface area contributed by atoms with E-state index in [0.29, 0.717) is 6.54 Å². The van der Waals surface area contributed by atoms with Crippen molar-refractivity contribution in [3.05, 3.63) is 29.6 Å². The summed E-state index contributed by atoms with van der Waals surface area (Å²) in [4.78, 5) is 4.61. The van der Waals surface area contributed by atoms with Crippen LogP contribution in [0.15, 0.2) is 18.2 Å². The van der Waals surface area contributed by atoms with Gasteiger partial charge >= 0.3 is 0 Å². The maximum Gasteiger partial charge on any atom is 0.146 e. The number of hydrogen-bond acceptors (Lipinski definition) is 3. The number of piperazine rings is 1. The van der Waals surface area contributed by atoms with Gasteiger partial charge in [-0.1, -0.05) is 13.0 Å². The van der Waals surface area contributed by atoms with Crippen LogP contribution >= 0.6 is 0 Å². The van der Waals surface area contributed by atoms with Gasteiger partial charge in [0.25, 0.3) is 0 Å². The van der Waals surface area contributed by atoms with Gasteiger partial charge in [0.05, 0.1) is 5.69 Å². The zero-order valence-corrected chi connectivity index (χ0v) is 12.0. The van der Waals surface area contributed by atoms with Gasteiger partial charge in [-0.25, -0.2) is 4.39 Å². The SMILES string of the molecule is CCCN1CCN(c2ccc(CNC)cc2F)CC1. The summed E-state index contributed by atoms with van der Waals surface area (Å²) in [6.07, 6.45) is 1.19. The van der Waals surface area contributed by atoms with E-state index < -0.39 is 0 Å². The number of benzene rings is 1. The Balaban J connectivity index is 1.99. The van der Waals surface area contributed by atoms with E-state index in [4.69, 9.17) is 0 Å². The molecule has 0 aliphatic carbocycles. The Hall–Kier alpha value is -1.13. The van der Waals surface area contributed by atoms with E-state index in [2.05, 4.69) is 22.0 Å². The van der Waals surface area contributed by atoms with E-state index >= 15 is 0 Å². The fourth-order valence-corrected chi connectivity index (χ4v) is 2.65. The highest BCUT2D eigenvalue weighted by atomic mass is 19.1. The molecule has 0 atom stereocenters. The lowest BCUT2D eigenvalue weighted by Crippen LogP contribution is -2.46. The van der Waals surface area contributed by atoms with Crippen LogP contribution in [0.5, 0.6) is 0 Å². The maximum absolute atomic E-state index is 14.1. The highest BCUT2D eigenvalue weighted by molar-refractivity contribution is 5.49. The van der Waals surface area contributed by atoms with Crippen LogP contribution in [0, 0.1) is 5.82 Å². The minimum atomic E-state index is -0.100. The number of nitrogens with zero attached hydrogens (tertiary/aromatic N) is 2. The van der Waals surface area contributed by atoms with Gasteiger partial charge in [0.2, 0.25) is 0 Å². The van der Waals surface area contributed by atoms with Crippen LogP contribution in [-0.4, -0.2) is 44.7 Å². The smallest absolute Gasteiger partial charge is 0.146 e. The zero-order valence-electron chi connectivity index (χ0n) is 12.0. The molecule has 1 N–H and O–H groups in total. The Bertz CT molecular complexity index is 400. The van der Waals surface area contributed by atoms with Gasteiger partial charge in [-0.15, -0.1) is 0 Å². The Morgan fingerprint density at radius 2 is 1.95 bits per heavy atom. The second-order valence-corrected chi connectivity index (χ2v) is 5.14. The van der Waals surface area contributed by atoms with E-state index in [9.17, 15) is 4.39 Å². The number of hydrogen-bond donors (Lipinski definition) is 1. The summed E-state index contributed by atoms with van der Waals surface area (Å²) in [6.45, 7) is 7.97. The second-order valence-electron chi connectivity index (χ2n) is 5.14. The first-order valence-corrected chi connectivity index (χ1v) is 7.15. The Morgan fingerprint density at radius 1 is 1.21 bits per heavy atom. The van der Waals surface area contributed by atoms with Gasteiger partial charge in [0, 0.05) is 32.7 Å². The third kappa shape index (κ3) is 3.67. The summed E-state index contributed by atoms with van der Waals surface area (Å²) >= 11 is 0. The number of anilines is 1. The van der Waals surface area contributed by atoms with E-state index in [1.807, 2.05) is 19.2 Å². The molecule has 0 aromatic heterocycles. The lowest BCUT2D eigenvalue weighted by molar-refractivity contribution is 0.258. The van der Waals surface area contributed by atoms with Crippen molar-refractivity contribution in [2.45, 2.75) is 19.9 Å². The molecule has 1 saturated heterocycles. The van der Waals surface area contributed by atoms with Crippen LogP contribution in [0.3, 0.4) is 0 Å². The summed E-state index contributed by atoms with van der Waals surface area (Å²) in [6, 6.07) is 5.56. The summed E-state index contributed by atoms with van der Waals surface area (Å²) in [5.74, 6) is -0.100. The maximum atomic E-state index is 14.1. The first-order chi connectivity index (χ1) is 9.24. The van der Waals surface area contributed by atoms with Gasteiger partial charge in [0.1, 0.15) is 5.82 Å². The Labute approximate surface area is 115 Å². The lowest BCUT2D eigenvalue weighted by Gasteiger charge is -2.36. The van der Waals surface area contributed by atoms with Gasteiger partial charge < -0.3 is 10.2 Å². The summed E-state index contributed by atoms with van der Waals surface area (Å²) < 4.78 is 14.1. The van der Waals surface area contributed by atoms with Gasteiger partial charge in [-0.05, 0) is 37.7 Å². The van der Waals surface area contributed by atoms with Crippen LogP contribution < -0.4 is 10.2 Å². The molecule has 2 rings (SSSR count). The third-order valence-corrected chi connectivity index (χ3v) is 3.65. The average molecular weight is 265 g/mol. The number of nitrogens with one attached hydrogen (secondary N) is 1. The van der Waals surface area contributed by atoms with E-state index in [1.165, 1.54) is 6.42 Å². The van der Waals surface area contributed by atoms with Crippen LogP contribution in [0.2, 0.25) is 0 Å². The monoisotopic (exact) mass is 265 g/mol. The third-order valence-electron chi connectivity index (χ3n) is 3.65. The van der Waals surface area contributed by atoms with Crippen LogP contribution in [0.25, 0.3) is 0 Å². The summed E-state index contributed by atoms with van der Waals surface area (Å²) in [5, 5.41) is 3.04. The first-order valence-electron chi connectivity index (χ1n) is 7.15. The van der Waals surface area contributed by atoms with Crippen molar-refractivity contribution in [2.75, 3.05) is 44.7 Å². The molecule has 1 aliphatic heterocycles. The van der Waals surface area contributed by atoms with Crippen molar-refractivity contribution in [1.82, 2.24) is 10.2 Å². The van der Waals surface area contributed by atoms with E-state index in [1.54, 1.807) is 6.07 Å². The molecule has 1 aliphatic rings. The molecule has 4 heteroatoms. The van der Waals surface area contributed by atoms with Crippen molar-refractivity contribution < 1.29 is 4.39 Å². The summed E-state index contributed by atoms with van der Waals surface area (Å²) in [7, 11) is 1.87. The molecular formula is C15H24FN3. The molecule has 3 nitrogen and oxygen atoms in total. The molecular weight excluding hydrogens is 241 g/mol. The van der Waals surface area contributed by atoms with Crippen molar-refractivity contribution in [3.63, 3.8) is 0 Å². The van der Waals surface area contributed by atoms with Crippen LogP contribution in [0.4, 0.5) is 10.1 Å². The van der Waals surface area contributed by atoms with Crippen LogP contribution in [-0.2, 0) is 6.54 Å². The average Bonchev–Trinajstić information content (AvgIpc) is 2.41. The molecule has 0 unspecified atom stereocenters. The predicted molar refractivity (Wildman–Crippen MR) is 78.1 cm³/mol. The normalized spacial score (nSPS) is 16.9. The molecule has 1 aromatic rings. The van der Waals surface area contributed by atoms with E-state index in [0.717, 1.165) is 44.0 Å². The molecule has 1 fully saturated rings. The van der Waals surface area contributed by atoms with Crippen molar-refractivity contribution in [1.29, 1.82) is 0 Å². The van der Waals surface area contributed by atoms with Gasteiger partial charge in [-0.2, -0.15) is 0 Å². The fourth-order valence-electron chi connectivity index (χ4n) is 2.65. The van der Waals surface area contributed by atoms with Gasteiger partial charge in [0.15, 0.2) is 0 Å². The molecule has 1 aromatic carbocycles. The van der Waals surface area contributed by atoms with Crippen molar-refractivity contribution >= 4 is 5.69 Å². The topological polar surface area (TPSA) is 18.5 Å². The molecule has 0 bridgehead atoms. The first kappa shape index (κ1) is 14.3. The molecule has 0 spiro atoms. The minimum Gasteiger partial charge on any atom is -0.367 e. The van der Waals surface area contributed by atoms with Crippen molar-refractivity contribution in [3.8, 4) is 0 Å². The molecule has 0 radical (unpaired) electrons. The highest BCUT2D eigenvalue weighted by Crippen LogP contribution is 2.22. The summed E-state index contributed by atoms with van der Waals surface area (Å²) in [5.41, 5.74) is 1.74. The second kappa shape index (κ2) is 6.87. The number of halogens is 1. The quantitative estimate of drug-likeness (QED) is 0.879. The largest absolute Gasteiger partial charge is 0.367 e. The lowest BCUT2D eigenvalue weighted by atomic mass is 10.1. The van der Waals surface area contributed by atoms with Crippen LogP contribution in [0.1, 0.15) is 18.9 Å². The number of rotatable bonds is 5. The Morgan fingerprint density at radius 3 is 2.53 bits per heavy atom. The van der Waals surface area contributed by atoms with Crippen molar-refractivity contribution in [2.24, 2.45) is 0 Å². The van der Waals surface area contributed by atoms with E-state index in [-0.39, 0.29) is 5.82 Å². The predicted octanol–water partition coefficient (Wildman–Crippen LogP) is 2.08. The molecule has 19 heavy (non-hydrogen) atoms. The fraction of sp³-hybridized carbons (Fsp3) is 0.600. The molecule has 0 saturated carbocycles. The molecule has 106 valence electrons.